The van der Waals surface area contributed by atoms with Crippen LogP contribution in [-0.4, -0.2) is 77.1 Å². The van der Waals surface area contributed by atoms with E-state index in [0.29, 0.717) is 12.6 Å². The summed E-state index contributed by atoms with van der Waals surface area (Å²) in [6.07, 6.45) is 2.23. The number of methoxy groups -OCH3 is 2. The van der Waals surface area contributed by atoms with Crippen molar-refractivity contribution in [3.8, 4) is 11.5 Å². The van der Waals surface area contributed by atoms with Crippen LogP contribution in [0.15, 0.2) is 29.3 Å². The number of benzene rings is 1. The Balaban J connectivity index is 1.70. The van der Waals surface area contributed by atoms with Gasteiger partial charge in [-0.05, 0) is 31.9 Å². The van der Waals surface area contributed by atoms with Crippen LogP contribution in [0.4, 0.5) is 0 Å². The lowest BCUT2D eigenvalue weighted by Crippen LogP contribution is -2.50. The molecule has 1 aliphatic rings. The van der Waals surface area contributed by atoms with Crippen LogP contribution in [0.25, 0.3) is 0 Å². The Bertz CT molecular complexity index is 574. The van der Waals surface area contributed by atoms with Crippen LogP contribution in [0, 0.1) is 0 Å². The lowest BCUT2D eigenvalue weighted by molar-refractivity contribution is 0.128. The average molecular weight is 379 g/mol. The summed E-state index contributed by atoms with van der Waals surface area (Å²) in [5.41, 5.74) is 0. The van der Waals surface area contributed by atoms with Crippen molar-refractivity contribution in [1.82, 2.24) is 15.5 Å². The van der Waals surface area contributed by atoms with Gasteiger partial charge in [0.2, 0.25) is 0 Å². The minimum absolute atomic E-state index is 0.00606. The van der Waals surface area contributed by atoms with Crippen LogP contribution in [0.2, 0.25) is 0 Å². The maximum absolute atomic E-state index is 5.95. The smallest absolute Gasteiger partial charge is 0.191 e. The number of ether oxygens (including phenoxy) is 3. The lowest BCUT2D eigenvalue weighted by Gasteiger charge is -2.33. The van der Waals surface area contributed by atoms with E-state index in [1.54, 1.807) is 21.3 Å². The first-order valence-electron chi connectivity index (χ1n) is 9.63. The number of hydrogen-bond acceptors (Lipinski definition) is 5. The Morgan fingerprint density at radius 3 is 2.67 bits per heavy atom. The van der Waals surface area contributed by atoms with Gasteiger partial charge in [-0.25, -0.2) is 0 Å². The number of hydrogen-bond donors (Lipinski definition) is 2. The standard InChI is InChI=1S/C20H34N4O3/c1-16(27-19-7-5-6-18(14-19)26-4)15-22-20(21-2)23-17-8-10-24(11-9-17)12-13-25-3/h5-7,14,16-17H,8-13,15H2,1-4H3,(H2,21,22,23). The zero-order chi connectivity index (χ0) is 19.5. The highest BCUT2D eigenvalue weighted by molar-refractivity contribution is 5.80. The van der Waals surface area contributed by atoms with E-state index in [2.05, 4.69) is 20.5 Å². The van der Waals surface area contributed by atoms with Gasteiger partial charge < -0.3 is 29.7 Å². The second-order valence-corrected chi connectivity index (χ2v) is 6.81. The van der Waals surface area contributed by atoms with Crippen molar-refractivity contribution in [1.29, 1.82) is 0 Å². The van der Waals surface area contributed by atoms with Gasteiger partial charge >= 0.3 is 0 Å². The predicted octanol–water partition coefficient (Wildman–Crippen LogP) is 1.74. The fourth-order valence-corrected chi connectivity index (χ4v) is 3.10. The third kappa shape index (κ3) is 7.64. The zero-order valence-electron chi connectivity index (χ0n) is 17.0. The lowest BCUT2D eigenvalue weighted by atomic mass is 10.1. The van der Waals surface area contributed by atoms with E-state index < -0.39 is 0 Å². The minimum Gasteiger partial charge on any atom is -0.497 e. The molecule has 7 nitrogen and oxygen atoms in total. The molecule has 1 saturated heterocycles. The Hall–Kier alpha value is -1.99. The number of likely N-dealkylation sites (tertiary alicyclic amines) is 1. The normalized spacial score (nSPS) is 17.4. The topological polar surface area (TPSA) is 67.4 Å². The molecule has 0 aromatic heterocycles. The second kappa shape index (κ2) is 11.7. The van der Waals surface area contributed by atoms with E-state index in [9.17, 15) is 0 Å². The van der Waals surface area contributed by atoms with E-state index in [1.807, 2.05) is 31.2 Å². The van der Waals surface area contributed by atoms with Gasteiger partial charge in [0.05, 0.1) is 20.3 Å². The fraction of sp³-hybridized carbons (Fsp3) is 0.650. The van der Waals surface area contributed by atoms with Crippen molar-refractivity contribution in [3.05, 3.63) is 24.3 Å². The molecule has 2 rings (SSSR count). The summed E-state index contributed by atoms with van der Waals surface area (Å²) in [6, 6.07) is 8.10. The van der Waals surface area contributed by atoms with Gasteiger partial charge in [-0.1, -0.05) is 6.07 Å². The van der Waals surface area contributed by atoms with Gasteiger partial charge in [-0.2, -0.15) is 0 Å². The van der Waals surface area contributed by atoms with Crippen LogP contribution < -0.4 is 20.1 Å². The first-order chi connectivity index (χ1) is 13.1. The monoisotopic (exact) mass is 378 g/mol. The summed E-state index contributed by atoms with van der Waals surface area (Å²) in [6.45, 7) is 6.69. The molecule has 0 saturated carbocycles. The van der Waals surface area contributed by atoms with Gasteiger partial charge in [0.1, 0.15) is 17.6 Å². The van der Waals surface area contributed by atoms with E-state index in [4.69, 9.17) is 14.2 Å². The summed E-state index contributed by atoms with van der Waals surface area (Å²) in [5, 5.41) is 6.89. The summed E-state index contributed by atoms with van der Waals surface area (Å²) < 4.78 is 16.3. The maximum atomic E-state index is 5.95. The van der Waals surface area contributed by atoms with Crippen molar-refractivity contribution in [2.75, 3.05) is 54.1 Å². The quantitative estimate of drug-likeness (QED) is 0.504. The number of aliphatic imine (C=N–C) groups is 1. The third-order valence-corrected chi connectivity index (χ3v) is 4.70. The van der Waals surface area contributed by atoms with Crippen LogP contribution in [0.1, 0.15) is 19.8 Å². The molecule has 27 heavy (non-hydrogen) atoms. The number of piperidine rings is 1. The molecule has 0 spiro atoms. The van der Waals surface area contributed by atoms with E-state index in [0.717, 1.165) is 56.5 Å². The zero-order valence-corrected chi connectivity index (χ0v) is 17.0. The Kier molecular flexibility index (Phi) is 9.21. The molecule has 2 N–H and O–H groups in total. The molecule has 0 aliphatic carbocycles. The molecule has 152 valence electrons. The predicted molar refractivity (Wildman–Crippen MR) is 109 cm³/mol. The first-order valence-corrected chi connectivity index (χ1v) is 9.63. The van der Waals surface area contributed by atoms with Gasteiger partial charge in [-0.15, -0.1) is 0 Å². The van der Waals surface area contributed by atoms with Gasteiger partial charge in [0.15, 0.2) is 5.96 Å². The molecule has 0 bridgehead atoms. The van der Waals surface area contributed by atoms with E-state index in [1.165, 1.54) is 0 Å². The number of guanidine groups is 1. The summed E-state index contributed by atoms with van der Waals surface area (Å²) >= 11 is 0. The average Bonchev–Trinajstić information content (AvgIpc) is 2.70. The minimum atomic E-state index is 0.00606. The third-order valence-electron chi connectivity index (χ3n) is 4.70. The second-order valence-electron chi connectivity index (χ2n) is 6.81. The highest BCUT2D eigenvalue weighted by Crippen LogP contribution is 2.19. The number of nitrogens with zero attached hydrogens (tertiary/aromatic N) is 2. The molecule has 1 heterocycles. The Morgan fingerprint density at radius 2 is 2.00 bits per heavy atom. The Morgan fingerprint density at radius 1 is 1.26 bits per heavy atom. The molecule has 1 atom stereocenters. The Labute approximate surface area is 163 Å². The number of rotatable bonds is 9. The van der Waals surface area contributed by atoms with Gasteiger partial charge in [0, 0.05) is 45.9 Å². The first kappa shape index (κ1) is 21.3. The van der Waals surface area contributed by atoms with Crippen LogP contribution in [-0.2, 0) is 4.74 Å². The molecule has 1 unspecified atom stereocenters. The molecule has 0 amide bonds. The molecular weight excluding hydrogens is 344 g/mol. The SMILES string of the molecule is CN=C(NCC(C)Oc1cccc(OC)c1)NC1CCN(CCOC)CC1. The van der Waals surface area contributed by atoms with Crippen LogP contribution >= 0.6 is 0 Å². The molecule has 1 aromatic rings. The summed E-state index contributed by atoms with van der Waals surface area (Å²) in [5.74, 6) is 2.42. The van der Waals surface area contributed by atoms with Crippen molar-refractivity contribution in [3.63, 3.8) is 0 Å². The molecule has 1 fully saturated rings. The summed E-state index contributed by atoms with van der Waals surface area (Å²) in [4.78, 5) is 6.79. The highest BCUT2D eigenvalue weighted by atomic mass is 16.5. The number of nitrogens with one attached hydrogen (secondary N) is 2. The molecule has 0 radical (unpaired) electrons. The molecule has 7 heteroatoms. The summed E-state index contributed by atoms with van der Waals surface area (Å²) in [7, 11) is 5.21. The van der Waals surface area contributed by atoms with Crippen molar-refractivity contribution in [2.24, 2.45) is 4.99 Å². The maximum Gasteiger partial charge on any atom is 0.191 e. The van der Waals surface area contributed by atoms with Crippen molar-refractivity contribution in [2.45, 2.75) is 31.9 Å². The molecule has 1 aliphatic heterocycles. The fourth-order valence-electron chi connectivity index (χ4n) is 3.10. The molecule has 1 aromatic carbocycles. The highest BCUT2D eigenvalue weighted by Gasteiger charge is 2.19. The van der Waals surface area contributed by atoms with Crippen LogP contribution in [0.3, 0.4) is 0 Å². The van der Waals surface area contributed by atoms with Crippen molar-refractivity contribution < 1.29 is 14.2 Å². The van der Waals surface area contributed by atoms with Gasteiger partial charge in [-0.3, -0.25) is 4.99 Å². The molecular formula is C20H34N4O3. The van der Waals surface area contributed by atoms with Gasteiger partial charge in [0.25, 0.3) is 0 Å². The largest absolute Gasteiger partial charge is 0.497 e. The van der Waals surface area contributed by atoms with Crippen molar-refractivity contribution >= 4 is 5.96 Å². The van der Waals surface area contributed by atoms with Crippen LogP contribution in [0.5, 0.6) is 11.5 Å². The van der Waals surface area contributed by atoms with E-state index >= 15 is 0 Å². The van der Waals surface area contributed by atoms with E-state index in [-0.39, 0.29) is 6.10 Å².